The number of benzene rings is 1. The minimum Gasteiger partial charge on any atom is -0.300 e. The third-order valence-electron chi connectivity index (χ3n) is 9.89. The predicted molar refractivity (Wildman–Crippen MR) is 174 cm³/mol. The maximum absolute atomic E-state index is 13.7. The fraction of sp³-hybridized carbons (Fsp3) is 0.763. The van der Waals surface area contributed by atoms with Gasteiger partial charge in [0.05, 0.1) is 6.42 Å². The first-order valence-corrected chi connectivity index (χ1v) is 17.3. The Morgan fingerprint density at radius 3 is 2.15 bits per heavy atom. The number of Topliss-reactive ketones (excluding diaryl/α,β-unsaturated/α-hetero) is 3. The van der Waals surface area contributed by atoms with Gasteiger partial charge in [0.1, 0.15) is 11.6 Å². The van der Waals surface area contributed by atoms with Crippen LogP contribution in [0.1, 0.15) is 171 Å². The maximum Gasteiger partial charge on any atom is 0.163 e. The predicted octanol–water partition coefficient (Wildman–Crippen LogP) is 10.6. The Hall–Kier alpha value is -1.77. The molecule has 2 aliphatic rings. The van der Waals surface area contributed by atoms with Crippen molar-refractivity contribution in [2.75, 3.05) is 0 Å². The van der Waals surface area contributed by atoms with Crippen molar-refractivity contribution in [2.24, 2.45) is 29.6 Å². The lowest BCUT2D eigenvalue weighted by atomic mass is 9.69. The molecule has 1 saturated carbocycles. The molecular formula is C38H62O3. The molecule has 0 N–H and O–H groups in total. The summed E-state index contributed by atoms with van der Waals surface area (Å²) in [6, 6.07) is 4.65. The Morgan fingerprint density at radius 1 is 0.927 bits per heavy atom. The van der Waals surface area contributed by atoms with Crippen LogP contribution in [0.5, 0.6) is 0 Å². The number of fused-ring (bicyclic) bond motifs is 1. The number of carbonyl (C=O) groups is 3. The smallest absolute Gasteiger partial charge is 0.163 e. The van der Waals surface area contributed by atoms with Gasteiger partial charge in [-0.15, -0.1) is 0 Å². The molecule has 0 radical (unpaired) electrons. The lowest BCUT2D eigenvalue weighted by Gasteiger charge is -2.36. The molecule has 0 amide bonds. The van der Waals surface area contributed by atoms with Crippen LogP contribution in [0.3, 0.4) is 0 Å². The fourth-order valence-corrected chi connectivity index (χ4v) is 7.90. The molecule has 4 atom stereocenters. The summed E-state index contributed by atoms with van der Waals surface area (Å²) in [6.07, 6.45) is 15.5. The second-order valence-corrected chi connectivity index (χ2v) is 13.6. The highest BCUT2D eigenvalue weighted by atomic mass is 16.1. The summed E-state index contributed by atoms with van der Waals surface area (Å²) in [6.45, 7) is 16.9. The molecule has 1 fully saturated rings. The Balaban J connectivity index is 0.00000187. The van der Waals surface area contributed by atoms with Crippen LogP contribution in [0, 0.1) is 36.5 Å². The molecule has 4 unspecified atom stereocenters. The summed E-state index contributed by atoms with van der Waals surface area (Å²) in [5, 5.41) is 0. The quantitative estimate of drug-likeness (QED) is 0.210. The second-order valence-electron chi connectivity index (χ2n) is 13.6. The molecule has 3 nitrogen and oxygen atoms in total. The first-order valence-electron chi connectivity index (χ1n) is 17.3. The molecule has 0 bridgehead atoms. The highest BCUT2D eigenvalue weighted by Crippen LogP contribution is 2.44. The van der Waals surface area contributed by atoms with Gasteiger partial charge in [0.2, 0.25) is 0 Å². The molecule has 0 heterocycles. The van der Waals surface area contributed by atoms with Crippen LogP contribution in [-0.2, 0) is 16.0 Å². The number of unbranched alkanes of at least 4 members (excludes halogenated alkanes) is 1. The summed E-state index contributed by atoms with van der Waals surface area (Å²) >= 11 is 0. The molecule has 1 aromatic carbocycles. The van der Waals surface area contributed by atoms with E-state index in [0.29, 0.717) is 18.1 Å². The van der Waals surface area contributed by atoms with Crippen molar-refractivity contribution in [1.29, 1.82) is 0 Å². The SMILES string of the molecule is CCC.CCCCC(c1ccc2c(c1C)C(=O)CC(CC(CCC)C(CC)C(=O)CC(C)=O)C2)C1CCC(C)CC1. The van der Waals surface area contributed by atoms with Crippen LogP contribution in [0.25, 0.3) is 0 Å². The van der Waals surface area contributed by atoms with Crippen molar-refractivity contribution in [2.45, 2.75) is 158 Å². The largest absolute Gasteiger partial charge is 0.300 e. The summed E-state index contributed by atoms with van der Waals surface area (Å²) in [5.41, 5.74) is 4.92. The Labute approximate surface area is 253 Å². The van der Waals surface area contributed by atoms with Crippen LogP contribution in [-0.4, -0.2) is 17.3 Å². The average Bonchev–Trinajstić information content (AvgIpc) is 2.91. The molecule has 0 saturated heterocycles. The lowest BCUT2D eigenvalue weighted by Crippen LogP contribution is -2.30. The van der Waals surface area contributed by atoms with Crippen LogP contribution >= 0.6 is 0 Å². The molecule has 0 spiro atoms. The number of carbonyl (C=O) groups excluding carboxylic acids is 3. The third kappa shape index (κ3) is 10.2. The van der Waals surface area contributed by atoms with Crippen molar-refractivity contribution in [1.82, 2.24) is 0 Å². The number of ketones is 3. The zero-order valence-electron chi connectivity index (χ0n) is 28.0. The topological polar surface area (TPSA) is 51.2 Å². The lowest BCUT2D eigenvalue weighted by molar-refractivity contribution is -0.129. The number of rotatable bonds is 14. The van der Waals surface area contributed by atoms with E-state index >= 15 is 0 Å². The third-order valence-corrected chi connectivity index (χ3v) is 9.89. The van der Waals surface area contributed by atoms with Crippen LogP contribution in [0.4, 0.5) is 0 Å². The van der Waals surface area contributed by atoms with Gasteiger partial charge >= 0.3 is 0 Å². The van der Waals surface area contributed by atoms with Crippen molar-refractivity contribution < 1.29 is 14.4 Å². The highest BCUT2D eigenvalue weighted by Gasteiger charge is 2.35. The molecule has 0 aromatic heterocycles. The monoisotopic (exact) mass is 566 g/mol. The summed E-state index contributed by atoms with van der Waals surface area (Å²) < 4.78 is 0. The van der Waals surface area contributed by atoms with E-state index in [1.807, 2.05) is 0 Å². The summed E-state index contributed by atoms with van der Waals surface area (Å²) in [7, 11) is 0. The molecule has 1 aromatic rings. The molecule has 0 aliphatic heterocycles. The van der Waals surface area contributed by atoms with Gasteiger partial charge in [-0.25, -0.2) is 0 Å². The Morgan fingerprint density at radius 2 is 1.59 bits per heavy atom. The van der Waals surface area contributed by atoms with Crippen molar-refractivity contribution in [3.05, 3.63) is 34.4 Å². The van der Waals surface area contributed by atoms with E-state index in [4.69, 9.17) is 0 Å². The minimum atomic E-state index is -0.0722. The van der Waals surface area contributed by atoms with E-state index in [1.54, 1.807) is 0 Å². The number of hydrogen-bond acceptors (Lipinski definition) is 3. The van der Waals surface area contributed by atoms with Gasteiger partial charge in [-0.3, -0.25) is 14.4 Å². The zero-order chi connectivity index (χ0) is 30.5. The number of hydrogen-bond donors (Lipinski definition) is 0. The van der Waals surface area contributed by atoms with E-state index in [2.05, 4.69) is 60.6 Å². The molecule has 3 rings (SSSR count). The summed E-state index contributed by atoms with van der Waals surface area (Å²) in [4.78, 5) is 38.2. The van der Waals surface area contributed by atoms with Gasteiger partial charge in [0.15, 0.2) is 5.78 Å². The Bertz CT molecular complexity index is 968. The van der Waals surface area contributed by atoms with Crippen LogP contribution in [0.2, 0.25) is 0 Å². The summed E-state index contributed by atoms with van der Waals surface area (Å²) in [5.74, 6) is 2.99. The molecule has 2 aliphatic carbocycles. The molecule has 41 heavy (non-hydrogen) atoms. The minimum absolute atomic E-state index is 0.0447. The fourth-order valence-electron chi connectivity index (χ4n) is 7.90. The standard InChI is InChI=1S/C35H54O3.C3H8/c1-7-10-12-32(27-15-13-23(4)14-16-27)31-18-17-29-21-26(22-34(38)35(29)25(31)6)20-28(11-8-2)30(9-3)33(37)19-24(5)36;1-3-2/h17-18,23,26-28,30,32H,7-16,19-22H2,1-6H3;3H2,1-2H3. The molecule has 3 heteroatoms. The van der Waals surface area contributed by atoms with Gasteiger partial charge in [-0.2, -0.15) is 0 Å². The van der Waals surface area contributed by atoms with Gasteiger partial charge in [-0.05, 0) is 98.7 Å². The second kappa shape index (κ2) is 18.0. The van der Waals surface area contributed by atoms with Crippen molar-refractivity contribution in [3.63, 3.8) is 0 Å². The first kappa shape index (κ1) is 35.4. The maximum atomic E-state index is 13.7. The first-order chi connectivity index (χ1) is 19.6. The van der Waals surface area contributed by atoms with Crippen LogP contribution in [0.15, 0.2) is 12.1 Å². The van der Waals surface area contributed by atoms with E-state index in [0.717, 1.165) is 49.5 Å². The Kier molecular flexibility index (Phi) is 15.6. The van der Waals surface area contributed by atoms with E-state index < -0.39 is 0 Å². The van der Waals surface area contributed by atoms with E-state index in [1.165, 1.54) is 75.0 Å². The molecular weight excluding hydrogens is 504 g/mol. The van der Waals surface area contributed by atoms with E-state index in [9.17, 15) is 14.4 Å². The van der Waals surface area contributed by atoms with Gasteiger partial charge < -0.3 is 0 Å². The van der Waals surface area contributed by atoms with Gasteiger partial charge in [0.25, 0.3) is 0 Å². The normalized spacial score (nSPS) is 22.6. The molecule has 232 valence electrons. The van der Waals surface area contributed by atoms with E-state index in [-0.39, 0.29) is 35.7 Å². The van der Waals surface area contributed by atoms with Gasteiger partial charge in [0, 0.05) is 17.9 Å². The van der Waals surface area contributed by atoms with Crippen LogP contribution < -0.4 is 0 Å². The van der Waals surface area contributed by atoms with Gasteiger partial charge in [-0.1, -0.05) is 98.6 Å². The van der Waals surface area contributed by atoms with Crippen molar-refractivity contribution in [3.8, 4) is 0 Å². The average molecular weight is 567 g/mol. The zero-order valence-corrected chi connectivity index (χ0v) is 28.0. The highest BCUT2D eigenvalue weighted by molar-refractivity contribution is 6.00. The van der Waals surface area contributed by atoms with Crippen molar-refractivity contribution >= 4 is 17.3 Å².